The van der Waals surface area contributed by atoms with Crippen LogP contribution < -0.4 is 5.32 Å². The minimum atomic E-state index is -0.147. The van der Waals surface area contributed by atoms with Gasteiger partial charge in [0.2, 0.25) is 0 Å². The Morgan fingerprint density at radius 3 is 2.89 bits per heavy atom. The van der Waals surface area contributed by atoms with Gasteiger partial charge in [0.25, 0.3) is 5.91 Å². The lowest BCUT2D eigenvalue weighted by molar-refractivity contribution is 0.0853. The van der Waals surface area contributed by atoms with E-state index in [2.05, 4.69) is 27.5 Å². The number of carbonyl (C=O) groups is 1. The summed E-state index contributed by atoms with van der Waals surface area (Å²) in [6, 6.07) is 12.1. The lowest BCUT2D eigenvalue weighted by Gasteiger charge is -2.12. The number of hydrogen-bond donors (Lipinski definition) is 1. The molecule has 4 rings (SSSR count). The maximum absolute atomic E-state index is 12.5. The molecule has 1 fully saturated rings. The SMILES string of the molecule is Cc1cnc(C(=O)NCC2CCCO2)cc1Cc1ccc(-n2cccn2)cc1. The first-order valence-electron chi connectivity index (χ1n) is 9.63. The molecular formula is C22H24N4O2. The molecular weight excluding hydrogens is 352 g/mol. The average molecular weight is 376 g/mol. The van der Waals surface area contributed by atoms with Gasteiger partial charge in [-0.2, -0.15) is 5.10 Å². The monoisotopic (exact) mass is 376 g/mol. The van der Waals surface area contributed by atoms with Gasteiger partial charge < -0.3 is 10.1 Å². The molecule has 1 amide bonds. The van der Waals surface area contributed by atoms with Crippen LogP contribution in [0.4, 0.5) is 0 Å². The topological polar surface area (TPSA) is 69.0 Å². The molecule has 0 saturated carbocycles. The Morgan fingerprint density at radius 2 is 2.18 bits per heavy atom. The fourth-order valence-corrected chi connectivity index (χ4v) is 3.39. The average Bonchev–Trinajstić information content (AvgIpc) is 3.42. The van der Waals surface area contributed by atoms with Crippen LogP contribution in [0.15, 0.2) is 55.0 Å². The maximum atomic E-state index is 12.5. The zero-order chi connectivity index (χ0) is 19.3. The molecule has 1 saturated heterocycles. The van der Waals surface area contributed by atoms with E-state index >= 15 is 0 Å². The van der Waals surface area contributed by atoms with Gasteiger partial charge in [-0.15, -0.1) is 0 Å². The van der Waals surface area contributed by atoms with E-state index in [9.17, 15) is 4.79 Å². The van der Waals surface area contributed by atoms with Gasteiger partial charge in [0.05, 0.1) is 11.8 Å². The van der Waals surface area contributed by atoms with Crippen molar-refractivity contribution in [3.8, 4) is 5.69 Å². The molecule has 0 bridgehead atoms. The molecule has 3 aromatic rings. The van der Waals surface area contributed by atoms with Crippen molar-refractivity contribution < 1.29 is 9.53 Å². The smallest absolute Gasteiger partial charge is 0.269 e. The van der Waals surface area contributed by atoms with Gasteiger partial charge in [-0.1, -0.05) is 12.1 Å². The summed E-state index contributed by atoms with van der Waals surface area (Å²) >= 11 is 0. The number of nitrogens with zero attached hydrogens (tertiary/aromatic N) is 3. The number of benzene rings is 1. The number of rotatable bonds is 6. The number of hydrogen-bond acceptors (Lipinski definition) is 4. The third kappa shape index (κ3) is 4.28. The molecule has 1 unspecified atom stereocenters. The number of pyridine rings is 1. The summed E-state index contributed by atoms with van der Waals surface area (Å²) in [5, 5.41) is 7.18. The van der Waals surface area contributed by atoms with Gasteiger partial charge in [0, 0.05) is 31.7 Å². The second-order valence-corrected chi connectivity index (χ2v) is 7.13. The van der Waals surface area contributed by atoms with Crippen molar-refractivity contribution in [2.45, 2.75) is 32.3 Å². The van der Waals surface area contributed by atoms with E-state index in [1.807, 2.05) is 42.1 Å². The second kappa shape index (κ2) is 8.35. The molecule has 2 aromatic heterocycles. The summed E-state index contributed by atoms with van der Waals surface area (Å²) in [6.07, 6.45) is 8.40. The van der Waals surface area contributed by atoms with E-state index in [1.165, 1.54) is 5.56 Å². The first-order valence-corrected chi connectivity index (χ1v) is 9.63. The molecule has 144 valence electrons. The number of amides is 1. The number of ether oxygens (including phenoxy) is 1. The fraction of sp³-hybridized carbons (Fsp3) is 0.318. The molecule has 1 aliphatic heterocycles. The second-order valence-electron chi connectivity index (χ2n) is 7.13. The number of aromatic nitrogens is 3. The van der Waals surface area contributed by atoms with Crippen LogP contribution in [-0.4, -0.2) is 39.9 Å². The van der Waals surface area contributed by atoms with Crippen molar-refractivity contribution in [3.05, 3.63) is 77.4 Å². The molecule has 1 aromatic carbocycles. The van der Waals surface area contributed by atoms with Gasteiger partial charge in [-0.05, 0) is 67.1 Å². The van der Waals surface area contributed by atoms with Crippen molar-refractivity contribution in [2.75, 3.05) is 13.2 Å². The Balaban J connectivity index is 1.44. The van der Waals surface area contributed by atoms with Gasteiger partial charge in [-0.3, -0.25) is 9.78 Å². The predicted octanol–water partition coefficient (Wildman–Crippen LogP) is 3.08. The highest BCUT2D eigenvalue weighted by atomic mass is 16.5. The van der Waals surface area contributed by atoms with Gasteiger partial charge in [0.15, 0.2) is 0 Å². The lowest BCUT2D eigenvalue weighted by Crippen LogP contribution is -2.32. The zero-order valence-corrected chi connectivity index (χ0v) is 16.0. The van der Waals surface area contributed by atoms with Crippen LogP contribution in [0.3, 0.4) is 0 Å². The summed E-state index contributed by atoms with van der Waals surface area (Å²) < 4.78 is 7.39. The summed E-state index contributed by atoms with van der Waals surface area (Å²) in [7, 11) is 0. The Kier molecular flexibility index (Phi) is 5.48. The molecule has 6 nitrogen and oxygen atoms in total. The largest absolute Gasteiger partial charge is 0.376 e. The summed E-state index contributed by atoms with van der Waals surface area (Å²) in [5.41, 5.74) is 4.83. The molecule has 0 radical (unpaired) electrons. The van der Waals surface area contributed by atoms with Gasteiger partial charge in [0.1, 0.15) is 5.69 Å². The van der Waals surface area contributed by atoms with Crippen LogP contribution in [0, 0.1) is 6.92 Å². The number of aryl methyl sites for hydroxylation is 1. The van der Waals surface area contributed by atoms with Crippen molar-refractivity contribution in [1.29, 1.82) is 0 Å². The maximum Gasteiger partial charge on any atom is 0.269 e. The first kappa shape index (κ1) is 18.4. The zero-order valence-electron chi connectivity index (χ0n) is 16.0. The van der Waals surface area contributed by atoms with Crippen molar-refractivity contribution in [1.82, 2.24) is 20.1 Å². The van der Waals surface area contributed by atoms with Crippen LogP contribution in [0.1, 0.15) is 40.0 Å². The molecule has 1 aliphatic rings. The quantitative estimate of drug-likeness (QED) is 0.718. The molecule has 1 N–H and O–H groups in total. The van der Waals surface area contributed by atoms with Crippen molar-refractivity contribution in [2.24, 2.45) is 0 Å². The van der Waals surface area contributed by atoms with Crippen LogP contribution in [0.25, 0.3) is 5.69 Å². The molecule has 3 heterocycles. The molecule has 28 heavy (non-hydrogen) atoms. The highest BCUT2D eigenvalue weighted by Gasteiger charge is 2.17. The third-order valence-corrected chi connectivity index (χ3v) is 5.06. The van der Waals surface area contributed by atoms with Crippen LogP contribution >= 0.6 is 0 Å². The summed E-state index contributed by atoms with van der Waals surface area (Å²) in [4.78, 5) is 16.8. The molecule has 6 heteroatoms. The van der Waals surface area contributed by atoms with Crippen LogP contribution in [-0.2, 0) is 11.2 Å². The number of carbonyl (C=O) groups excluding carboxylic acids is 1. The highest BCUT2D eigenvalue weighted by molar-refractivity contribution is 5.92. The minimum absolute atomic E-state index is 0.127. The van der Waals surface area contributed by atoms with Crippen molar-refractivity contribution in [3.63, 3.8) is 0 Å². The van der Waals surface area contributed by atoms with E-state index < -0.39 is 0 Å². The molecule has 1 atom stereocenters. The fourth-order valence-electron chi connectivity index (χ4n) is 3.39. The first-order chi connectivity index (χ1) is 13.7. The van der Waals surface area contributed by atoms with Gasteiger partial charge >= 0.3 is 0 Å². The highest BCUT2D eigenvalue weighted by Crippen LogP contribution is 2.17. The number of nitrogens with one attached hydrogen (secondary N) is 1. The Hall–Kier alpha value is -2.99. The van der Waals surface area contributed by atoms with E-state index in [1.54, 1.807) is 12.4 Å². The lowest BCUT2D eigenvalue weighted by atomic mass is 10.0. The van der Waals surface area contributed by atoms with Crippen LogP contribution in [0.5, 0.6) is 0 Å². The predicted molar refractivity (Wildman–Crippen MR) is 107 cm³/mol. The van der Waals surface area contributed by atoms with Crippen molar-refractivity contribution >= 4 is 5.91 Å². The van der Waals surface area contributed by atoms with E-state index in [-0.39, 0.29) is 12.0 Å². The minimum Gasteiger partial charge on any atom is -0.376 e. The Morgan fingerprint density at radius 1 is 1.32 bits per heavy atom. The summed E-state index contributed by atoms with van der Waals surface area (Å²) in [5.74, 6) is -0.147. The standard InChI is InChI=1S/C22H24N4O2/c1-16-14-23-21(22(27)24-15-20-4-2-11-28-20)13-18(16)12-17-5-7-19(8-6-17)26-10-3-9-25-26/h3,5-10,13-14,20H,2,4,11-12,15H2,1H3,(H,24,27). The molecule has 0 aliphatic carbocycles. The van der Waals surface area contributed by atoms with Gasteiger partial charge in [-0.25, -0.2) is 4.68 Å². The van der Waals surface area contributed by atoms with E-state index in [0.717, 1.165) is 42.7 Å². The van der Waals surface area contributed by atoms with E-state index in [0.29, 0.717) is 12.2 Å². The van der Waals surface area contributed by atoms with Crippen LogP contribution in [0.2, 0.25) is 0 Å². The molecule has 0 spiro atoms. The van der Waals surface area contributed by atoms with E-state index in [4.69, 9.17) is 4.74 Å². The third-order valence-electron chi connectivity index (χ3n) is 5.06. The summed E-state index contributed by atoms with van der Waals surface area (Å²) in [6.45, 7) is 3.35. The Bertz CT molecular complexity index is 930. The normalized spacial score (nSPS) is 16.2. The Labute approximate surface area is 164 Å².